The van der Waals surface area contributed by atoms with Crippen molar-refractivity contribution in [1.82, 2.24) is 9.80 Å². The molecule has 1 aliphatic heterocycles. The van der Waals surface area contributed by atoms with Crippen LogP contribution in [0.25, 0.3) is 0 Å². The number of benzene rings is 1. The van der Waals surface area contributed by atoms with E-state index in [-0.39, 0.29) is 17.9 Å². The number of hydrogen-bond acceptors (Lipinski definition) is 5. The first-order chi connectivity index (χ1) is 13.5. The molecule has 1 atom stereocenters. The summed E-state index contributed by atoms with van der Waals surface area (Å²) in [6.45, 7) is 4.44. The van der Waals surface area contributed by atoms with Crippen LogP contribution in [0.2, 0.25) is 0 Å². The highest BCUT2D eigenvalue weighted by atomic mass is 16.5. The van der Waals surface area contributed by atoms with Gasteiger partial charge < -0.3 is 19.7 Å². The molecule has 7 nitrogen and oxygen atoms in total. The molecule has 154 valence electrons. The summed E-state index contributed by atoms with van der Waals surface area (Å²) < 4.78 is 10.6. The molecule has 2 aliphatic rings. The van der Waals surface area contributed by atoms with Gasteiger partial charge in [0.05, 0.1) is 20.3 Å². The Morgan fingerprint density at radius 1 is 1.04 bits per heavy atom. The summed E-state index contributed by atoms with van der Waals surface area (Å²) >= 11 is 0. The Kier molecular flexibility index (Phi) is 6.78. The minimum absolute atomic E-state index is 0.0235. The van der Waals surface area contributed by atoms with E-state index in [1.807, 2.05) is 11.0 Å². The molecule has 2 amide bonds. The van der Waals surface area contributed by atoms with Gasteiger partial charge in [-0.3, -0.25) is 14.5 Å². The van der Waals surface area contributed by atoms with Crippen LogP contribution in [0, 0.1) is 5.92 Å². The molecule has 1 unspecified atom stereocenters. The fourth-order valence-electron chi connectivity index (χ4n) is 4.40. The lowest BCUT2D eigenvalue weighted by atomic mass is 9.95. The SMILES string of the molecule is COc1ccc(NC(=O)C(C2CCCC2)N2CCN(C(C)=O)CC2)cc1OC. The summed E-state index contributed by atoms with van der Waals surface area (Å²) in [5.41, 5.74) is 0.702. The van der Waals surface area contributed by atoms with Crippen molar-refractivity contribution in [2.45, 2.75) is 38.6 Å². The van der Waals surface area contributed by atoms with Gasteiger partial charge in [-0.25, -0.2) is 0 Å². The fraction of sp³-hybridized carbons (Fsp3) is 0.619. The summed E-state index contributed by atoms with van der Waals surface area (Å²) in [6, 6.07) is 5.25. The first-order valence-electron chi connectivity index (χ1n) is 10.1. The van der Waals surface area contributed by atoms with Crippen molar-refractivity contribution in [3.05, 3.63) is 18.2 Å². The third-order valence-electron chi connectivity index (χ3n) is 5.92. The lowest BCUT2D eigenvalue weighted by Crippen LogP contribution is -2.56. The van der Waals surface area contributed by atoms with E-state index in [1.54, 1.807) is 33.3 Å². The molecule has 0 bridgehead atoms. The minimum Gasteiger partial charge on any atom is -0.493 e. The van der Waals surface area contributed by atoms with Gasteiger partial charge in [0.15, 0.2) is 11.5 Å². The molecule has 1 saturated heterocycles. The third-order valence-corrected chi connectivity index (χ3v) is 5.92. The second kappa shape index (κ2) is 9.28. The second-order valence-corrected chi connectivity index (χ2v) is 7.59. The number of carbonyl (C=O) groups excluding carboxylic acids is 2. The number of amides is 2. The average molecular weight is 389 g/mol. The standard InChI is InChI=1S/C21H31N3O4/c1-15(25)23-10-12-24(13-11-23)20(16-6-4-5-7-16)21(26)22-17-8-9-18(27-2)19(14-17)28-3/h8-9,14,16,20H,4-7,10-13H2,1-3H3,(H,22,26). The summed E-state index contributed by atoms with van der Waals surface area (Å²) in [5.74, 6) is 1.72. The number of carbonyl (C=O) groups is 2. The largest absolute Gasteiger partial charge is 0.493 e. The monoisotopic (exact) mass is 389 g/mol. The zero-order valence-corrected chi connectivity index (χ0v) is 17.1. The number of nitrogens with one attached hydrogen (secondary N) is 1. The lowest BCUT2D eigenvalue weighted by Gasteiger charge is -2.40. The first kappa shape index (κ1) is 20.5. The van der Waals surface area contributed by atoms with E-state index in [0.717, 1.165) is 25.9 Å². The van der Waals surface area contributed by atoms with Crippen LogP contribution in [0.1, 0.15) is 32.6 Å². The van der Waals surface area contributed by atoms with Crippen molar-refractivity contribution >= 4 is 17.5 Å². The van der Waals surface area contributed by atoms with Gasteiger partial charge in [0.2, 0.25) is 11.8 Å². The molecule has 3 rings (SSSR count). The number of nitrogens with zero attached hydrogens (tertiary/aromatic N) is 2. The van der Waals surface area contributed by atoms with Crippen LogP contribution in [-0.2, 0) is 9.59 Å². The predicted molar refractivity (Wildman–Crippen MR) is 108 cm³/mol. The molecule has 1 N–H and O–H groups in total. The van der Waals surface area contributed by atoms with Gasteiger partial charge >= 0.3 is 0 Å². The van der Waals surface area contributed by atoms with Crippen molar-refractivity contribution in [3.8, 4) is 11.5 Å². The highest BCUT2D eigenvalue weighted by Crippen LogP contribution is 2.33. The summed E-state index contributed by atoms with van der Waals surface area (Å²) in [6.07, 6.45) is 4.52. The number of hydrogen-bond donors (Lipinski definition) is 1. The summed E-state index contributed by atoms with van der Waals surface area (Å²) in [7, 11) is 3.17. The van der Waals surface area contributed by atoms with Crippen molar-refractivity contribution in [2.75, 3.05) is 45.7 Å². The smallest absolute Gasteiger partial charge is 0.242 e. The van der Waals surface area contributed by atoms with E-state index < -0.39 is 0 Å². The van der Waals surface area contributed by atoms with Crippen LogP contribution in [0.15, 0.2) is 18.2 Å². The first-order valence-corrected chi connectivity index (χ1v) is 10.1. The van der Waals surface area contributed by atoms with Crippen LogP contribution >= 0.6 is 0 Å². The predicted octanol–water partition coefficient (Wildman–Crippen LogP) is 2.37. The molecule has 1 aromatic carbocycles. The highest BCUT2D eigenvalue weighted by Gasteiger charge is 2.37. The summed E-state index contributed by atoms with van der Waals surface area (Å²) in [4.78, 5) is 29.0. The number of piperazine rings is 1. The molecule has 1 saturated carbocycles. The summed E-state index contributed by atoms with van der Waals surface area (Å²) in [5, 5.41) is 3.08. The quantitative estimate of drug-likeness (QED) is 0.809. The van der Waals surface area contributed by atoms with E-state index in [4.69, 9.17) is 9.47 Å². The maximum atomic E-state index is 13.3. The topological polar surface area (TPSA) is 71.1 Å². The maximum Gasteiger partial charge on any atom is 0.242 e. The Morgan fingerprint density at radius 3 is 2.25 bits per heavy atom. The molecule has 1 aromatic rings. The minimum atomic E-state index is -0.162. The van der Waals surface area contributed by atoms with Gasteiger partial charge in [-0.15, -0.1) is 0 Å². The maximum absolute atomic E-state index is 13.3. The molecule has 1 heterocycles. The van der Waals surface area contributed by atoms with E-state index in [1.165, 1.54) is 12.8 Å². The van der Waals surface area contributed by atoms with Gasteiger partial charge in [0, 0.05) is 44.9 Å². The Hall–Kier alpha value is -2.28. The molecule has 2 fully saturated rings. The Bertz CT molecular complexity index is 695. The third kappa shape index (κ3) is 4.58. The van der Waals surface area contributed by atoms with Crippen molar-refractivity contribution in [2.24, 2.45) is 5.92 Å². The van der Waals surface area contributed by atoms with Gasteiger partial charge in [-0.05, 0) is 30.9 Å². The second-order valence-electron chi connectivity index (χ2n) is 7.59. The number of methoxy groups -OCH3 is 2. The molecule has 0 aromatic heterocycles. The average Bonchev–Trinajstić information content (AvgIpc) is 3.22. The van der Waals surface area contributed by atoms with E-state index in [9.17, 15) is 9.59 Å². The van der Waals surface area contributed by atoms with Crippen LogP contribution in [0.3, 0.4) is 0 Å². The zero-order valence-electron chi connectivity index (χ0n) is 17.1. The van der Waals surface area contributed by atoms with E-state index >= 15 is 0 Å². The molecular formula is C21H31N3O4. The van der Waals surface area contributed by atoms with Crippen LogP contribution in [0.4, 0.5) is 5.69 Å². The Labute approximate surface area is 167 Å². The molecule has 7 heteroatoms. The number of rotatable bonds is 6. The Balaban J connectivity index is 1.73. The van der Waals surface area contributed by atoms with Crippen molar-refractivity contribution in [1.29, 1.82) is 0 Å². The molecule has 28 heavy (non-hydrogen) atoms. The normalized spacial score (nSPS) is 19.3. The van der Waals surface area contributed by atoms with Crippen LogP contribution in [-0.4, -0.2) is 68.1 Å². The van der Waals surface area contributed by atoms with Gasteiger partial charge in [-0.2, -0.15) is 0 Å². The van der Waals surface area contributed by atoms with Gasteiger partial charge in [0.25, 0.3) is 0 Å². The van der Waals surface area contributed by atoms with E-state index in [0.29, 0.717) is 36.2 Å². The number of ether oxygens (including phenoxy) is 2. The molecule has 0 radical (unpaired) electrons. The fourth-order valence-corrected chi connectivity index (χ4v) is 4.40. The van der Waals surface area contributed by atoms with Gasteiger partial charge in [0.1, 0.15) is 0 Å². The zero-order chi connectivity index (χ0) is 20.1. The van der Waals surface area contributed by atoms with Crippen LogP contribution < -0.4 is 14.8 Å². The van der Waals surface area contributed by atoms with Crippen molar-refractivity contribution < 1.29 is 19.1 Å². The lowest BCUT2D eigenvalue weighted by molar-refractivity contribution is -0.132. The molecular weight excluding hydrogens is 358 g/mol. The van der Waals surface area contributed by atoms with Gasteiger partial charge in [-0.1, -0.05) is 12.8 Å². The number of anilines is 1. The van der Waals surface area contributed by atoms with E-state index in [2.05, 4.69) is 10.2 Å². The van der Waals surface area contributed by atoms with Crippen LogP contribution in [0.5, 0.6) is 11.5 Å². The highest BCUT2D eigenvalue weighted by molar-refractivity contribution is 5.95. The van der Waals surface area contributed by atoms with Crippen molar-refractivity contribution in [3.63, 3.8) is 0 Å². The molecule has 0 spiro atoms. The molecule has 1 aliphatic carbocycles. The Morgan fingerprint density at radius 2 is 1.68 bits per heavy atom.